The Kier molecular flexibility index (Phi) is 4.99. The zero-order valence-electron chi connectivity index (χ0n) is 11.8. The van der Waals surface area contributed by atoms with Crippen LogP contribution in [0.4, 0.5) is 5.13 Å². The molecule has 0 spiro atoms. The van der Waals surface area contributed by atoms with Crippen LogP contribution in [-0.2, 0) is 21.2 Å². The van der Waals surface area contributed by atoms with Gasteiger partial charge in [-0.2, -0.15) is 4.37 Å². The summed E-state index contributed by atoms with van der Waals surface area (Å²) in [6.45, 7) is 1.62. The number of halogens is 1. The Bertz CT molecular complexity index is 804. The number of amides is 1. The molecule has 0 saturated carbocycles. The van der Waals surface area contributed by atoms with Crippen molar-refractivity contribution < 1.29 is 13.2 Å². The van der Waals surface area contributed by atoms with Gasteiger partial charge < -0.3 is 5.32 Å². The SMILES string of the molecule is CNC(=O)Cc1nsc(NS(=O)(=O)c2cccc(Cl)c2C)n1. The van der Waals surface area contributed by atoms with Gasteiger partial charge in [-0.1, -0.05) is 17.7 Å². The summed E-state index contributed by atoms with van der Waals surface area (Å²) in [7, 11) is -2.31. The summed E-state index contributed by atoms with van der Waals surface area (Å²) in [5, 5.41) is 2.90. The molecule has 1 heterocycles. The highest BCUT2D eigenvalue weighted by Gasteiger charge is 2.20. The topological polar surface area (TPSA) is 101 Å². The number of aromatic nitrogens is 2. The molecule has 0 bridgehead atoms. The van der Waals surface area contributed by atoms with Gasteiger partial charge in [-0.15, -0.1) is 0 Å². The maximum atomic E-state index is 12.4. The molecule has 1 aromatic heterocycles. The van der Waals surface area contributed by atoms with Gasteiger partial charge in [0.2, 0.25) is 11.0 Å². The molecule has 0 unspecified atom stereocenters. The second-order valence-corrected chi connectivity index (χ2v) is 7.14. The smallest absolute Gasteiger partial charge is 0.264 e. The van der Waals surface area contributed by atoms with Gasteiger partial charge in [0.1, 0.15) is 0 Å². The van der Waals surface area contributed by atoms with E-state index in [-0.39, 0.29) is 28.2 Å². The third kappa shape index (κ3) is 3.73. The molecular weight excluding hydrogens is 348 g/mol. The molecule has 7 nitrogen and oxygen atoms in total. The highest BCUT2D eigenvalue weighted by Crippen LogP contribution is 2.25. The van der Waals surface area contributed by atoms with Gasteiger partial charge in [-0.3, -0.25) is 9.52 Å². The van der Waals surface area contributed by atoms with E-state index < -0.39 is 10.0 Å². The summed E-state index contributed by atoms with van der Waals surface area (Å²) in [6, 6.07) is 4.62. The van der Waals surface area contributed by atoms with Gasteiger partial charge in [-0.25, -0.2) is 13.4 Å². The lowest BCUT2D eigenvalue weighted by Gasteiger charge is -2.08. The molecule has 0 saturated heterocycles. The highest BCUT2D eigenvalue weighted by atomic mass is 35.5. The Hall–Kier alpha value is -1.71. The average Bonchev–Trinajstić information content (AvgIpc) is 2.87. The van der Waals surface area contributed by atoms with Crippen molar-refractivity contribution in [1.82, 2.24) is 14.7 Å². The van der Waals surface area contributed by atoms with E-state index in [1.807, 2.05) is 0 Å². The van der Waals surface area contributed by atoms with Crippen molar-refractivity contribution in [3.8, 4) is 0 Å². The Balaban J connectivity index is 2.22. The van der Waals surface area contributed by atoms with Crippen molar-refractivity contribution >= 4 is 44.2 Å². The number of nitrogens with zero attached hydrogens (tertiary/aromatic N) is 2. The first kappa shape index (κ1) is 16.7. The predicted octanol–water partition coefficient (Wildman–Crippen LogP) is 1.59. The minimum Gasteiger partial charge on any atom is -0.359 e. The molecule has 22 heavy (non-hydrogen) atoms. The van der Waals surface area contributed by atoms with E-state index in [9.17, 15) is 13.2 Å². The van der Waals surface area contributed by atoms with Crippen LogP contribution < -0.4 is 10.0 Å². The number of hydrogen-bond acceptors (Lipinski definition) is 6. The number of hydrogen-bond donors (Lipinski definition) is 2. The van der Waals surface area contributed by atoms with Crippen molar-refractivity contribution in [2.75, 3.05) is 11.8 Å². The fourth-order valence-electron chi connectivity index (χ4n) is 1.65. The Morgan fingerprint density at radius 2 is 2.14 bits per heavy atom. The summed E-state index contributed by atoms with van der Waals surface area (Å²) >= 11 is 6.81. The van der Waals surface area contributed by atoms with E-state index in [0.29, 0.717) is 10.6 Å². The van der Waals surface area contributed by atoms with Crippen LogP contribution in [0.2, 0.25) is 5.02 Å². The first-order valence-corrected chi connectivity index (χ1v) is 8.78. The average molecular weight is 361 g/mol. The van der Waals surface area contributed by atoms with Gasteiger partial charge in [-0.05, 0) is 24.6 Å². The number of benzene rings is 1. The first-order chi connectivity index (χ1) is 10.3. The first-order valence-electron chi connectivity index (χ1n) is 6.14. The van der Waals surface area contributed by atoms with Crippen molar-refractivity contribution in [1.29, 1.82) is 0 Å². The summed E-state index contributed by atoms with van der Waals surface area (Å²) < 4.78 is 31.0. The lowest BCUT2D eigenvalue weighted by Crippen LogP contribution is -2.20. The van der Waals surface area contributed by atoms with Crippen molar-refractivity contribution in [3.63, 3.8) is 0 Å². The Morgan fingerprint density at radius 3 is 2.82 bits per heavy atom. The fourth-order valence-corrected chi connectivity index (χ4v) is 3.96. The number of rotatable bonds is 5. The van der Waals surface area contributed by atoms with Crippen LogP contribution >= 0.6 is 23.1 Å². The Morgan fingerprint density at radius 1 is 1.41 bits per heavy atom. The summed E-state index contributed by atoms with van der Waals surface area (Å²) in [5.74, 6) is 0.00255. The number of nitrogens with one attached hydrogen (secondary N) is 2. The fraction of sp³-hybridized carbons (Fsp3) is 0.250. The summed E-state index contributed by atoms with van der Waals surface area (Å²) in [6.07, 6.45) is -0.00901. The number of carbonyl (C=O) groups is 1. The largest absolute Gasteiger partial charge is 0.359 e. The number of sulfonamides is 1. The molecule has 0 atom stereocenters. The molecule has 2 aromatic rings. The number of carbonyl (C=O) groups excluding carboxylic acids is 1. The van der Waals surface area contributed by atoms with Crippen LogP contribution in [0.1, 0.15) is 11.4 Å². The summed E-state index contributed by atoms with van der Waals surface area (Å²) in [4.78, 5) is 15.3. The van der Waals surface area contributed by atoms with Crippen molar-refractivity contribution in [3.05, 3.63) is 34.6 Å². The van der Waals surface area contributed by atoms with E-state index in [1.165, 1.54) is 13.1 Å². The lowest BCUT2D eigenvalue weighted by molar-refractivity contribution is -0.120. The van der Waals surface area contributed by atoms with E-state index >= 15 is 0 Å². The van der Waals surface area contributed by atoms with Crippen LogP contribution in [0.3, 0.4) is 0 Å². The third-order valence-electron chi connectivity index (χ3n) is 2.79. The maximum absolute atomic E-state index is 12.4. The Labute approximate surface area is 136 Å². The molecule has 0 aliphatic rings. The lowest BCUT2D eigenvalue weighted by atomic mass is 10.2. The number of anilines is 1. The van der Waals surface area contributed by atoms with Crippen LogP contribution in [-0.4, -0.2) is 30.7 Å². The molecule has 2 N–H and O–H groups in total. The maximum Gasteiger partial charge on any atom is 0.264 e. The number of likely N-dealkylation sites (N-methyl/N-ethyl adjacent to an activating group) is 1. The van der Waals surface area contributed by atoms with Crippen LogP contribution in [0, 0.1) is 6.92 Å². The highest BCUT2D eigenvalue weighted by molar-refractivity contribution is 7.93. The second-order valence-electron chi connectivity index (χ2n) is 4.33. The van der Waals surface area contributed by atoms with Gasteiger partial charge in [0.05, 0.1) is 11.3 Å². The minimum atomic E-state index is -3.81. The zero-order valence-corrected chi connectivity index (χ0v) is 14.1. The van der Waals surface area contributed by atoms with Crippen molar-refractivity contribution in [2.24, 2.45) is 0 Å². The normalized spacial score (nSPS) is 11.2. The second kappa shape index (κ2) is 6.59. The molecule has 1 amide bonds. The molecule has 1 aromatic carbocycles. The quantitative estimate of drug-likeness (QED) is 0.843. The monoisotopic (exact) mass is 360 g/mol. The minimum absolute atomic E-state index is 0.00901. The summed E-state index contributed by atoms with van der Waals surface area (Å²) in [5.41, 5.74) is 0.451. The molecule has 0 aliphatic carbocycles. The molecule has 0 aliphatic heterocycles. The van der Waals surface area contributed by atoms with Crippen LogP contribution in [0.5, 0.6) is 0 Å². The van der Waals surface area contributed by atoms with E-state index in [2.05, 4.69) is 19.4 Å². The molecular formula is C12H13ClN4O3S2. The van der Waals surface area contributed by atoms with Gasteiger partial charge in [0.15, 0.2) is 5.82 Å². The standard InChI is InChI=1S/C12H13ClN4O3S2/c1-7-8(13)4-3-5-9(7)22(19,20)17-12-15-10(16-21-12)6-11(18)14-2/h3-5H,6H2,1-2H3,(H,14,18)(H,15,16,17). The third-order valence-corrected chi connectivity index (χ3v) is 5.49. The van der Waals surface area contributed by atoms with E-state index in [1.54, 1.807) is 19.1 Å². The zero-order chi connectivity index (χ0) is 16.3. The van der Waals surface area contributed by atoms with Gasteiger partial charge in [0.25, 0.3) is 10.0 Å². The molecule has 10 heteroatoms. The molecule has 118 valence electrons. The van der Waals surface area contributed by atoms with Crippen LogP contribution in [0.25, 0.3) is 0 Å². The van der Waals surface area contributed by atoms with Gasteiger partial charge in [0, 0.05) is 23.6 Å². The predicted molar refractivity (Wildman–Crippen MR) is 84.7 cm³/mol. The molecule has 2 rings (SSSR count). The molecule has 0 radical (unpaired) electrons. The molecule has 0 fully saturated rings. The van der Waals surface area contributed by atoms with Crippen molar-refractivity contribution in [2.45, 2.75) is 18.2 Å². The van der Waals surface area contributed by atoms with E-state index in [4.69, 9.17) is 11.6 Å². The van der Waals surface area contributed by atoms with E-state index in [0.717, 1.165) is 11.5 Å². The van der Waals surface area contributed by atoms with Crippen LogP contribution in [0.15, 0.2) is 23.1 Å². The van der Waals surface area contributed by atoms with Gasteiger partial charge >= 0.3 is 0 Å².